The number of halogens is 1. The van der Waals surface area contributed by atoms with Gasteiger partial charge in [0.1, 0.15) is 0 Å². The lowest BCUT2D eigenvalue weighted by atomic mass is 9.84. The molecule has 2 N–H and O–H groups in total. The van der Waals surface area contributed by atoms with Crippen LogP contribution in [0, 0.1) is 19.3 Å². The van der Waals surface area contributed by atoms with Gasteiger partial charge in [-0.1, -0.05) is 42.8 Å². The molecule has 0 saturated carbocycles. The number of benzene rings is 1. The molecule has 0 bridgehead atoms. The summed E-state index contributed by atoms with van der Waals surface area (Å²) in [5.74, 6) is 0. The van der Waals surface area contributed by atoms with E-state index in [0.717, 1.165) is 10.9 Å². The second kappa shape index (κ2) is 4.89. The lowest BCUT2D eigenvalue weighted by Crippen LogP contribution is -2.19. The summed E-state index contributed by atoms with van der Waals surface area (Å²) in [5, 5.41) is 0. The molecule has 0 heterocycles. The number of rotatable bonds is 2. The highest BCUT2D eigenvalue weighted by Crippen LogP contribution is 2.31. The van der Waals surface area contributed by atoms with E-state index in [-0.39, 0.29) is 11.5 Å². The molecule has 90 valence electrons. The Kier molecular flexibility index (Phi) is 4.19. The van der Waals surface area contributed by atoms with E-state index in [1.54, 1.807) is 0 Å². The molecule has 0 saturated heterocycles. The predicted octanol–water partition coefficient (Wildman–Crippen LogP) is 4.50. The molecule has 0 aliphatic carbocycles. The summed E-state index contributed by atoms with van der Waals surface area (Å²) in [7, 11) is 0. The molecule has 0 amide bonds. The molecular formula is C14H22BrN. The Morgan fingerprint density at radius 3 is 2.25 bits per heavy atom. The molecule has 0 aliphatic heterocycles. The predicted molar refractivity (Wildman–Crippen MR) is 74.6 cm³/mol. The van der Waals surface area contributed by atoms with Crippen molar-refractivity contribution in [1.82, 2.24) is 0 Å². The SMILES string of the molecule is Cc1cc(C(N)CC(C)(C)C)c(C)cc1Br. The van der Waals surface area contributed by atoms with Crippen LogP contribution in [0.25, 0.3) is 0 Å². The van der Waals surface area contributed by atoms with Gasteiger partial charge in [-0.25, -0.2) is 0 Å². The number of hydrogen-bond acceptors (Lipinski definition) is 1. The van der Waals surface area contributed by atoms with E-state index in [4.69, 9.17) is 5.73 Å². The van der Waals surface area contributed by atoms with Crippen molar-refractivity contribution in [2.75, 3.05) is 0 Å². The molecule has 0 radical (unpaired) electrons. The summed E-state index contributed by atoms with van der Waals surface area (Å²) in [4.78, 5) is 0. The van der Waals surface area contributed by atoms with Gasteiger partial charge in [0, 0.05) is 10.5 Å². The van der Waals surface area contributed by atoms with Crippen molar-refractivity contribution in [1.29, 1.82) is 0 Å². The molecular weight excluding hydrogens is 262 g/mol. The van der Waals surface area contributed by atoms with Gasteiger partial charge in [0.25, 0.3) is 0 Å². The standard InChI is InChI=1S/C14H22BrN/c1-9-7-12(15)10(2)6-11(9)13(16)8-14(3,4)5/h6-7,13H,8,16H2,1-5H3. The van der Waals surface area contributed by atoms with Gasteiger partial charge in [0.15, 0.2) is 0 Å². The van der Waals surface area contributed by atoms with Crippen LogP contribution < -0.4 is 5.73 Å². The first-order chi connectivity index (χ1) is 7.20. The van der Waals surface area contributed by atoms with Gasteiger partial charge in [-0.2, -0.15) is 0 Å². The zero-order valence-electron chi connectivity index (χ0n) is 10.9. The maximum atomic E-state index is 6.29. The largest absolute Gasteiger partial charge is 0.324 e. The fourth-order valence-electron chi connectivity index (χ4n) is 1.97. The van der Waals surface area contributed by atoms with Gasteiger partial charge in [-0.05, 0) is 48.4 Å². The van der Waals surface area contributed by atoms with Crippen LogP contribution in [-0.4, -0.2) is 0 Å². The lowest BCUT2D eigenvalue weighted by Gasteiger charge is -2.25. The van der Waals surface area contributed by atoms with E-state index in [1.807, 2.05) is 0 Å². The molecule has 16 heavy (non-hydrogen) atoms. The highest BCUT2D eigenvalue weighted by Gasteiger charge is 2.18. The van der Waals surface area contributed by atoms with Crippen molar-refractivity contribution in [2.45, 2.75) is 47.1 Å². The Labute approximate surface area is 108 Å². The molecule has 0 aliphatic rings. The third kappa shape index (κ3) is 3.60. The Morgan fingerprint density at radius 2 is 1.75 bits per heavy atom. The number of nitrogens with two attached hydrogens (primary N) is 1. The van der Waals surface area contributed by atoms with Crippen molar-refractivity contribution < 1.29 is 0 Å². The van der Waals surface area contributed by atoms with Gasteiger partial charge in [0.2, 0.25) is 0 Å². The number of aryl methyl sites for hydroxylation is 2. The average molecular weight is 284 g/mol. The summed E-state index contributed by atoms with van der Waals surface area (Å²) in [6.45, 7) is 10.9. The lowest BCUT2D eigenvalue weighted by molar-refractivity contribution is 0.342. The first-order valence-corrected chi connectivity index (χ1v) is 6.52. The third-order valence-corrected chi connectivity index (χ3v) is 3.63. The quantitative estimate of drug-likeness (QED) is 0.850. The molecule has 1 aromatic carbocycles. The van der Waals surface area contributed by atoms with E-state index >= 15 is 0 Å². The maximum absolute atomic E-state index is 6.29. The van der Waals surface area contributed by atoms with Crippen LogP contribution >= 0.6 is 15.9 Å². The maximum Gasteiger partial charge on any atom is 0.0302 e. The van der Waals surface area contributed by atoms with Crippen molar-refractivity contribution in [3.8, 4) is 0 Å². The van der Waals surface area contributed by atoms with Crippen molar-refractivity contribution in [3.63, 3.8) is 0 Å². The van der Waals surface area contributed by atoms with Crippen molar-refractivity contribution in [2.24, 2.45) is 11.1 Å². The third-order valence-electron chi connectivity index (χ3n) is 2.78. The fourth-order valence-corrected chi connectivity index (χ4v) is 2.43. The Morgan fingerprint density at radius 1 is 1.19 bits per heavy atom. The minimum absolute atomic E-state index is 0.131. The van der Waals surface area contributed by atoms with Crippen LogP contribution in [0.4, 0.5) is 0 Å². The molecule has 0 fully saturated rings. The van der Waals surface area contributed by atoms with Crippen molar-refractivity contribution in [3.05, 3.63) is 33.3 Å². The van der Waals surface area contributed by atoms with Gasteiger partial charge in [-0.3, -0.25) is 0 Å². The summed E-state index contributed by atoms with van der Waals surface area (Å²) < 4.78 is 1.16. The van der Waals surface area contributed by atoms with Crippen molar-refractivity contribution >= 4 is 15.9 Å². The fraction of sp³-hybridized carbons (Fsp3) is 0.571. The van der Waals surface area contributed by atoms with E-state index in [1.165, 1.54) is 16.7 Å². The van der Waals surface area contributed by atoms with Gasteiger partial charge >= 0.3 is 0 Å². The molecule has 1 nitrogen and oxygen atoms in total. The first-order valence-electron chi connectivity index (χ1n) is 5.73. The Hall–Kier alpha value is -0.340. The molecule has 1 atom stereocenters. The van der Waals surface area contributed by atoms with Crippen LogP contribution in [0.3, 0.4) is 0 Å². The molecule has 1 unspecified atom stereocenters. The van der Waals surface area contributed by atoms with Crippen LogP contribution in [0.2, 0.25) is 0 Å². The molecule has 2 heteroatoms. The Bertz CT molecular complexity index is 377. The normalized spacial score (nSPS) is 13.9. The monoisotopic (exact) mass is 283 g/mol. The van der Waals surface area contributed by atoms with E-state index in [0.29, 0.717) is 0 Å². The van der Waals surface area contributed by atoms with Crippen LogP contribution in [0.1, 0.15) is 49.9 Å². The minimum atomic E-state index is 0.131. The van der Waals surface area contributed by atoms with E-state index in [9.17, 15) is 0 Å². The van der Waals surface area contributed by atoms with Crippen LogP contribution in [0.5, 0.6) is 0 Å². The first kappa shape index (κ1) is 13.7. The smallest absolute Gasteiger partial charge is 0.0302 e. The summed E-state index contributed by atoms with van der Waals surface area (Å²) in [6.07, 6.45) is 1.01. The zero-order valence-corrected chi connectivity index (χ0v) is 12.5. The summed E-state index contributed by atoms with van der Waals surface area (Å²) >= 11 is 3.55. The topological polar surface area (TPSA) is 26.0 Å². The molecule has 0 spiro atoms. The molecule has 1 rings (SSSR count). The summed E-state index contributed by atoms with van der Waals surface area (Å²) in [6, 6.07) is 4.50. The van der Waals surface area contributed by atoms with Gasteiger partial charge in [-0.15, -0.1) is 0 Å². The van der Waals surface area contributed by atoms with Crippen LogP contribution in [-0.2, 0) is 0 Å². The van der Waals surface area contributed by atoms with Gasteiger partial charge < -0.3 is 5.73 Å². The summed E-state index contributed by atoms with van der Waals surface area (Å²) in [5.41, 5.74) is 10.4. The molecule has 1 aromatic rings. The molecule has 0 aromatic heterocycles. The van der Waals surface area contributed by atoms with E-state index in [2.05, 4.69) is 62.7 Å². The van der Waals surface area contributed by atoms with E-state index < -0.39 is 0 Å². The second-order valence-electron chi connectivity index (χ2n) is 5.83. The highest BCUT2D eigenvalue weighted by molar-refractivity contribution is 9.10. The minimum Gasteiger partial charge on any atom is -0.324 e. The highest BCUT2D eigenvalue weighted by atomic mass is 79.9. The second-order valence-corrected chi connectivity index (χ2v) is 6.68. The Balaban J connectivity index is 3.00. The zero-order chi connectivity index (χ0) is 12.5. The number of hydrogen-bond donors (Lipinski definition) is 1. The van der Waals surface area contributed by atoms with Gasteiger partial charge in [0.05, 0.1) is 0 Å². The average Bonchev–Trinajstić information content (AvgIpc) is 2.08. The van der Waals surface area contributed by atoms with Crippen LogP contribution in [0.15, 0.2) is 16.6 Å².